The number of aryl methyl sites for hydroxylation is 3. The summed E-state index contributed by atoms with van der Waals surface area (Å²) < 4.78 is 0. The summed E-state index contributed by atoms with van der Waals surface area (Å²) in [4.78, 5) is 26.6. The molecule has 6 heteroatoms. The number of aromatic hydroxyl groups is 1. The third kappa shape index (κ3) is 12.9. The molecule has 0 heterocycles. The summed E-state index contributed by atoms with van der Waals surface area (Å²) in [7, 11) is 0. The molecule has 43 heavy (non-hydrogen) atoms. The van der Waals surface area contributed by atoms with Gasteiger partial charge in [0.15, 0.2) is 0 Å². The van der Waals surface area contributed by atoms with E-state index in [1.54, 1.807) is 24.3 Å². The molecule has 0 saturated carbocycles. The number of unbranched alkanes of at least 4 members (excludes halogenated alkanes) is 9. The number of amides is 2. The van der Waals surface area contributed by atoms with E-state index in [4.69, 9.17) is 5.73 Å². The molecule has 0 aliphatic heterocycles. The first-order valence-corrected chi connectivity index (χ1v) is 16.2. The van der Waals surface area contributed by atoms with Crippen LogP contribution < -0.4 is 16.4 Å². The Hall–Kier alpha value is -3.80. The van der Waals surface area contributed by atoms with Crippen molar-refractivity contribution in [2.45, 2.75) is 103 Å². The first kappa shape index (κ1) is 33.7. The van der Waals surface area contributed by atoms with Crippen LogP contribution in [0.2, 0.25) is 0 Å². The van der Waals surface area contributed by atoms with Gasteiger partial charge in [0.25, 0.3) is 5.91 Å². The van der Waals surface area contributed by atoms with Crippen molar-refractivity contribution in [3.05, 3.63) is 95.1 Å². The number of phenols is 1. The average Bonchev–Trinajstić information content (AvgIpc) is 3.02. The van der Waals surface area contributed by atoms with Crippen molar-refractivity contribution in [2.24, 2.45) is 0 Å². The molecule has 0 aliphatic rings. The third-order valence-electron chi connectivity index (χ3n) is 8.04. The molecule has 2 amide bonds. The topological polar surface area (TPSA) is 104 Å². The van der Waals surface area contributed by atoms with E-state index in [2.05, 4.69) is 17.6 Å². The minimum atomic E-state index is -0.631. The fourth-order valence-electron chi connectivity index (χ4n) is 5.32. The normalized spacial score (nSPS) is 11.7. The van der Waals surface area contributed by atoms with Crippen molar-refractivity contribution in [1.82, 2.24) is 10.6 Å². The number of nitrogens with two attached hydrogens (primary N) is 1. The molecule has 5 N–H and O–H groups in total. The van der Waals surface area contributed by atoms with Crippen molar-refractivity contribution < 1.29 is 14.7 Å². The van der Waals surface area contributed by atoms with Gasteiger partial charge in [-0.05, 0) is 79.1 Å². The van der Waals surface area contributed by atoms with Crippen molar-refractivity contribution in [1.29, 1.82) is 0 Å². The van der Waals surface area contributed by atoms with E-state index in [0.29, 0.717) is 37.1 Å². The molecular weight excluding hydrogens is 534 g/mol. The Bertz CT molecular complexity index is 1230. The zero-order chi connectivity index (χ0) is 30.7. The van der Waals surface area contributed by atoms with Gasteiger partial charge in [-0.2, -0.15) is 0 Å². The number of hydrogen-bond donors (Lipinski definition) is 4. The van der Waals surface area contributed by atoms with Gasteiger partial charge in [0.1, 0.15) is 11.8 Å². The molecule has 1 atom stereocenters. The van der Waals surface area contributed by atoms with Crippen LogP contribution in [0.1, 0.15) is 105 Å². The van der Waals surface area contributed by atoms with E-state index in [1.165, 1.54) is 51.4 Å². The number of nitrogens with one attached hydrogen (secondary N) is 2. The van der Waals surface area contributed by atoms with E-state index in [0.717, 1.165) is 36.0 Å². The molecular formula is C37H51N3O3. The highest BCUT2D eigenvalue weighted by Crippen LogP contribution is 2.19. The smallest absolute Gasteiger partial charge is 0.251 e. The van der Waals surface area contributed by atoms with Crippen molar-refractivity contribution in [3.8, 4) is 5.75 Å². The highest BCUT2D eigenvalue weighted by molar-refractivity contribution is 5.98. The Kier molecular flexibility index (Phi) is 15.2. The van der Waals surface area contributed by atoms with Crippen LogP contribution in [0.4, 0.5) is 5.69 Å². The SMILES string of the molecule is CCCCCCCCCCCCNC(=O)C(CCc1ccccc1)NC(=O)c1ccc(N)c(CCc2ccc(O)cc2)c1. The minimum Gasteiger partial charge on any atom is -0.508 e. The molecule has 0 saturated heterocycles. The summed E-state index contributed by atoms with van der Waals surface area (Å²) in [5, 5.41) is 15.6. The van der Waals surface area contributed by atoms with Gasteiger partial charge in [-0.3, -0.25) is 9.59 Å². The van der Waals surface area contributed by atoms with E-state index < -0.39 is 6.04 Å². The van der Waals surface area contributed by atoms with Gasteiger partial charge in [-0.25, -0.2) is 0 Å². The van der Waals surface area contributed by atoms with E-state index >= 15 is 0 Å². The highest BCUT2D eigenvalue weighted by atomic mass is 16.3. The Morgan fingerprint density at radius 3 is 2.05 bits per heavy atom. The lowest BCUT2D eigenvalue weighted by Crippen LogP contribution is -2.47. The number of rotatable bonds is 20. The lowest BCUT2D eigenvalue weighted by atomic mass is 10.00. The Labute approximate surface area is 258 Å². The summed E-state index contributed by atoms with van der Waals surface area (Å²) in [5.41, 5.74) is 10.4. The minimum absolute atomic E-state index is 0.136. The first-order valence-electron chi connectivity index (χ1n) is 16.2. The second kappa shape index (κ2) is 19.4. The number of carbonyl (C=O) groups excluding carboxylic acids is 2. The fourth-order valence-corrected chi connectivity index (χ4v) is 5.32. The highest BCUT2D eigenvalue weighted by Gasteiger charge is 2.21. The Morgan fingerprint density at radius 2 is 1.37 bits per heavy atom. The van der Waals surface area contributed by atoms with Crippen molar-refractivity contribution >= 4 is 17.5 Å². The van der Waals surface area contributed by atoms with Crippen LogP contribution >= 0.6 is 0 Å². The standard InChI is InChI=1S/C37H51N3O3/c1-2-3-4-5-6-7-8-9-10-14-27-39-37(43)35(26-20-29-15-12-11-13-16-29)40-36(42)32-22-25-34(38)31(28-32)21-17-30-18-23-33(41)24-19-30/h11-13,15-16,18-19,22-25,28,35,41H,2-10,14,17,20-21,26-27,38H2,1H3,(H,39,43)(H,40,42). The quantitative estimate of drug-likeness (QED) is 0.0813. The molecule has 232 valence electrons. The zero-order valence-electron chi connectivity index (χ0n) is 26.0. The number of nitrogen functional groups attached to an aromatic ring is 1. The van der Waals surface area contributed by atoms with Gasteiger partial charge >= 0.3 is 0 Å². The molecule has 1 unspecified atom stereocenters. The Morgan fingerprint density at radius 1 is 0.744 bits per heavy atom. The molecule has 6 nitrogen and oxygen atoms in total. The van der Waals surface area contributed by atoms with Gasteiger partial charge in [0.05, 0.1) is 0 Å². The molecule has 3 rings (SSSR count). The largest absolute Gasteiger partial charge is 0.508 e. The van der Waals surface area contributed by atoms with Gasteiger partial charge in [-0.15, -0.1) is 0 Å². The average molecular weight is 586 g/mol. The molecule has 0 spiro atoms. The fraction of sp³-hybridized carbons (Fsp3) is 0.459. The van der Waals surface area contributed by atoms with Crippen LogP contribution in [-0.4, -0.2) is 29.5 Å². The second-order valence-corrected chi connectivity index (χ2v) is 11.6. The maximum absolute atomic E-state index is 13.3. The van der Waals surface area contributed by atoms with Gasteiger partial charge in [0.2, 0.25) is 5.91 Å². The van der Waals surface area contributed by atoms with Crippen molar-refractivity contribution in [3.63, 3.8) is 0 Å². The van der Waals surface area contributed by atoms with Crippen LogP contribution in [-0.2, 0) is 24.1 Å². The van der Waals surface area contributed by atoms with E-state index in [1.807, 2.05) is 48.5 Å². The number of hydrogen-bond acceptors (Lipinski definition) is 4. The van der Waals surface area contributed by atoms with Crippen LogP contribution in [0.3, 0.4) is 0 Å². The number of anilines is 1. The van der Waals surface area contributed by atoms with Crippen LogP contribution in [0, 0.1) is 0 Å². The summed E-state index contributed by atoms with van der Waals surface area (Å²) >= 11 is 0. The van der Waals surface area contributed by atoms with E-state index in [-0.39, 0.29) is 17.6 Å². The summed E-state index contributed by atoms with van der Waals surface area (Å²) in [5.74, 6) is -0.183. The first-order chi connectivity index (χ1) is 21.0. The number of benzene rings is 3. The monoisotopic (exact) mass is 585 g/mol. The lowest BCUT2D eigenvalue weighted by Gasteiger charge is -2.19. The number of phenolic OH excluding ortho intramolecular Hbond substituents is 1. The second-order valence-electron chi connectivity index (χ2n) is 11.6. The maximum atomic E-state index is 13.3. The molecule has 0 fully saturated rings. The summed E-state index contributed by atoms with van der Waals surface area (Å²) in [6.45, 7) is 2.87. The lowest BCUT2D eigenvalue weighted by molar-refractivity contribution is -0.123. The van der Waals surface area contributed by atoms with Crippen LogP contribution in [0.5, 0.6) is 5.75 Å². The predicted molar refractivity (Wildman–Crippen MR) is 177 cm³/mol. The van der Waals surface area contributed by atoms with Gasteiger partial charge in [0, 0.05) is 17.8 Å². The molecule has 3 aromatic rings. The zero-order valence-corrected chi connectivity index (χ0v) is 26.0. The van der Waals surface area contributed by atoms with Gasteiger partial charge in [-0.1, -0.05) is 107 Å². The molecule has 3 aromatic carbocycles. The van der Waals surface area contributed by atoms with Gasteiger partial charge < -0.3 is 21.5 Å². The molecule has 0 aromatic heterocycles. The predicted octanol–water partition coefficient (Wildman–Crippen LogP) is 7.53. The summed E-state index contributed by atoms with van der Waals surface area (Å²) in [6, 6.07) is 21.8. The number of carbonyl (C=O) groups is 2. The van der Waals surface area contributed by atoms with Crippen LogP contribution in [0.25, 0.3) is 0 Å². The van der Waals surface area contributed by atoms with E-state index in [9.17, 15) is 14.7 Å². The molecule has 0 aliphatic carbocycles. The summed E-state index contributed by atoms with van der Waals surface area (Å²) in [6.07, 6.45) is 15.1. The van der Waals surface area contributed by atoms with Crippen molar-refractivity contribution in [2.75, 3.05) is 12.3 Å². The maximum Gasteiger partial charge on any atom is 0.251 e. The third-order valence-corrected chi connectivity index (χ3v) is 8.04. The van der Waals surface area contributed by atoms with Crippen LogP contribution in [0.15, 0.2) is 72.8 Å². The molecule has 0 bridgehead atoms. The molecule has 0 radical (unpaired) electrons. The Balaban J connectivity index is 1.52.